The molecule has 1 unspecified atom stereocenters. The van der Waals surface area contributed by atoms with E-state index < -0.39 is 6.10 Å². The number of aliphatic hydroxyl groups is 2. The van der Waals surface area contributed by atoms with Crippen LogP contribution in [0.15, 0.2) is 42.7 Å². The van der Waals surface area contributed by atoms with E-state index in [1.807, 2.05) is 37.3 Å². The van der Waals surface area contributed by atoms with Gasteiger partial charge in [0.1, 0.15) is 11.3 Å². The van der Waals surface area contributed by atoms with Crippen LogP contribution in [0.2, 0.25) is 0 Å². The molecule has 0 fully saturated rings. The molecule has 0 aliphatic heterocycles. The molecule has 3 rings (SSSR count). The van der Waals surface area contributed by atoms with E-state index in [4.69, 9.17) is 5.11 Å². The quantitative estimate of drug-likeness (QED) is 0.530. The van der Waals surface area contributed by atoms with Crippen LogP contribution in [0.1, 0.15) is 23.9 Å². The minimum absolute atomic E-state index is 0. The van der Waals surface area contributed by atoms with Crippen LogP contribution in [-0.4, -0.2) is 39.8 Å². The molecule has 0 spiro atoms. The second-order valence-corrected chi connectivity index (χ2v) is 4.98. The van der Waals surface area contributed by atoms with Crippen LogP contribution < -0.4 is 29.6 Å². The van der Waals surface area contributed by atoms with Crippen LogP contribution in [0.3, 0.4) is 0 Å². The van der Waals surface area contributed by atoms with Crippen LogP contribution in [0.4, 0.5) is 0 Å². The second kappa shape index (κ2) is 8.61. The predicted octanol–water partition coefficient (Wildman–Crippen LogP) is -2.30. The van der Waals surface area contributed by atoms with E-state index >= 15 is 0 Å². The largest absolute Gasteiger partial charge is 1.00 e. The zero-order valence-electron chi connectivity index (χ0n) is 12.8. The molecule has 2 heterocycles. The fraction of sp³-hybridized carbons (Fsp3) is 0.250. The van der Waals surface area contributed by atoms with Crippen molar-refractivity contribution in [2.75, 3.05) is 6.61 Å². The molecule has 23 heavy (non-hydrogen) atoms. The van der Waals surface area contributed by atoms with E-state index in [-0.39, 0.29) is 44.6 Å². The van der Waals surface area contributed by atoms with E-state index in [2.05, 4.69) is 14.5 Å². The first-order valence-electron chi connectivity index (χ1n) is 6.89. The average molecular weight is 321 g/mol. The molecule has 7 heteroatoms. The van der Waals surface area contributed by atoms with Gasteiger partial charge in [-0.05, 0) is 30.7 Å². The number of imidazole rings is 1. The van der Waals surface area contributed by atoms with Gasteiger partial charge in [0, 0.05) is 24.9 Å². The molecule has 2 aromatic heterocycles. The number of aliphatic hydroxyl groups excluding tert-OH is 2. The maximum atomic E-state index is 9.88. The van der Waals surface area contributed by atoms with Crippen LogP contribution >= 0.6 is 0 Å². The van der Waals surface area contributed by atoms with Gasteiger partial charge in [0.2, 0.25) is 0 Å². The van der Waals surface area contributed by atoms with Crippen LogP contribution in [0.25, 0.3) is 16.7 Å². The topological polar surface area (TPSA) is 71.2 Å². The summed E-state index contributed by atoms with van der Waals surface area (Å²) in [7, 11) is 0. The molecule has 0 bridgehead atoms. The molecule has 1 atom stereocenters. The third-order valence-corrected chi connectivity index (χ3v) is 3.56. The first-order chi connectivity index (χ1) is 10.2. The molecule has 3 aromatic rings. The summed E-state index contributed by atoms with van der Waals surface area (Å²) in [6, 6.07) is 9.59. The minimum Gasteiger partial charge on any atom is -0.396 e. The monoisotopic (exact) mass is 321 g/mol. The minimum atomic E-state index is -0.631. The van der Waals surface area contributed by atoms with Gasteiger partial charge in [-0.2, -0.15) is 0 Å². The number of fused-ring (bicyclic) bond motifs is 1. The Kier molecular flexibility index (Phi) is 7.44. The van der Waals surface area contributed by atoms with E-state index in [9.17, 15) is 5.11 Å². The number of hydrogen-bond acceptors (Lipinski definition) is 4. The first-order valence-corrected chi connectivity index (χ1v) is 6.89. The van der Waals surface area contributed by atoms with Crippen molar-refractivity contribution in [2.24, 2.45) is 0 Å². The second-order valence-electron chi connectivity index (χ2n) is 4.98. The van der Waals surface area contributed by atoms with Gasteiger partial charge in [-0.15, -0.1) is 0 Å². The van der Waals surface area contributed by atoms with Crippen molar-refractivity contribution in [3.63, 3.8) is 0 Å². The van der Waals surface area contributed by atoms with Gasteiger partial charge in [0.25, 0.3) is 0 Å². The molecule has 5 nitrogen and oxygen atoms in total. The maximum absolute atomic E-state index is 9.88. The van der Waals surface area contributed by atoms with Crippen molar-refractivity contribution in [2.45, 2.75) is 19.4 Å². The molecular formula is C16H21BN3NaO2. The van der Waals surface area contributed by atoms with Gasteiger partial charge in [0.15, 0.2) is 0 Å². The Bertz CT molecular complexity index is 762. The summed E-state index contributed by atoms with van der Waals surface area (Å²) in [5, 5.41) is 18.8. The van der Waals surface area contributed by atoms with Gasteiger partial charge in [-0.3, -0.25) is 9.55 Å². The number of nitrogens with zero attached hydrogens (tertiary/aromatic N) is 3. The van der Waals surface area contributed by atoms with Gasteiger partial charge >= 0.3 is 29.6 Å². The summed E-state index contributed by atoms with van der Waals surface area (Å²) in [5.41, 5.74) is 3.66. The van der Waals surface area contributed by atoms with E-state index in [1.54, 1.807) is 12.4 Å². The fourth-order valence-corrected chi connectivity index (χ4v) is 2.51. The smallest absolute Gasteiger partial charge is 0.396 e. The molecule has 0 saturated heterocycles. The molecule has 0 aliphatic rings. The molecule has 2 N–H and O–H groups in total. The average Bonchev–Trinajstić information content (AvgIpc) is 2.83. The normalized spacial score (nSPS) is 11.6. The molecule has 0 amide bonds. The zero-order valence-corrected chi connectivity index (χ0v) is 14.8. The number of aryl methyl sites for hydroxylation is 1. The summed E-state index contributed by atoms with van der Waals surface area (Å²) < 4.78 is 2.05. The Labute approximate surface area is 159 Å². The Morgan fingerprint density at radius 2 is 1.87 bits per heavy atom. The third-order valence-electron chi connectivity index (χ3n) is 3.56. The third kappa shape index (κ3) is 4.02. The molecule has 1 aromatic carbocycles. The van der Waals surface area contributed by atoms with Crippen molar-refractivity contribution >= 4 is 19.4 Å². The van der Waals surface area contributed by atoms with Crippen LogP contribution in [0, 0.1) is 6.92 Å². The van der Waals surface area contributed by atoms with Crippen LogP contribution in [-0.2, 0) is 0 Å². The standard InChI is InChI=1S/C16H17N3O2.BH4.Na/c1-11-18-14-10-17-8-6-15(14)19(11)13-4-2-12(3-5-13)16(21)7-9-20;;/h2-6,8,10,16,20-21H,7,9H2,1H3;1H4;/q;-1;+1. The van der Waals surface area contributed by atoms with Gasteiger partial charge in [-0.1, -0.05) is 20.5 Å². The number of hydrogen-bond donors (Lipinski definition) is 2. The number of pyridine rings is 1. The van der Waals surface area contributed by atoms with Gasteiger partial charge < -0.3 is 10.2 Å². The fourth-order valence-electron chi connectivity index (χ4n) is 2.51. The van der Waals surface area contributed by atoms with E-state index in [1.165, 1.54) is 0 Å². The summed E-state index contributed by atoms with van der Waals surface area (Å²) in [4.78, 5) is 8.58. The summed E-state index contributed by atoms with van der Waals surface area (Å²) in [6.45, 7) is 1.93. The summed E-state index contributed by atoms with van der Waals surface area (Å²) in [6.07, 6.45) is 3.21. The van der Waals surface area contributed by atoms with E-state index in [0.29, 0.717) is 6.42 Å². The molecule has 116 valence electrons. The SMILES string of the molecule is Cc1nc2cnccc2n1-c1ccc(C(O)CCO)cc1.[BH4-].[Na+]. The van der Waals surface area contributed by atoms with Crippen molar-refractivity contribution in [3.8, 4) is 5.69 Å². The van der Waals surface area contributed by atoms with Crippen molar-refractivity contribution in [3.05, 3.63) is 54.1 Å². The molecule has 0 radical (unpaired) electrons. The predicted molar refractivity (Wildman–Crippen MR) is 91.6 cm³/mol. The maximum Gasteiger partial charge on any atom is 1.00 e. The zero-order chi connectivity index (χ0) is 14.8. The summed E-state index contributed by atoms with van der Waals surface area (Å²) >= 11 is 0. The van der Waals surface area contributed by atoms with Gasteiger partial charge in [0.05, 0.1) is 17.8 Å². The molecule has 0 saturated carbocycles. The van der Waals surface area contributed by atoms with Crippen LogP contribution in [0.5, 0.6) is 0 Å². The number of aromatic nitrogens is 3. The Hall–Kier alpha value is -1.18. The number of benzene rings is 1. The molecule has 0 aliphatic carbocycles. The Morgan fingerprint density at radius 3 is 2.52 bits per heavy atom. The van der Waals surface area contributed by atoms with E-state index in [0.717, 1.165) is 28.1 Å². The van der Waals surface area contributed by atoms with Crippen molar-refractivity contribution in [1.29, 1.82) is 0 Å². The Morgan fingerprint density at radius 1 is 1.17 bits per heavy atom. The number of rotatable bonds is 4. The molecular weight excluding hydrogens is 300 g/mol. The first kappa shape index (κ1) is 19.9. The van der Waals surface area contributed by atoms with Crippen molar-refractivity contribution in [1.82, 2.24) is 14.5 Å². The Balaban J connectivity index is 0.00000132. The van der Waals surface area contributed by atoms with Gasteiger partial charge in [-0.25, -0.2) is 4.98 Å². The van der Waals surface area contributed by atoms with Crippen molar-refractivity contribution < 1.29 is 39.8 Å². The summed E-state index contributed by atoms with van der Waals surface area (Å²) in [5.74, 6) is 0.890.